The van der Waals surface area contributed by atoms with Crippen molar-refractivity contribution in [2.75, 3.05) is 5.94 Å². The number of aryl methyl sites for hydroxylation is 1. The van der Waals surface area contributed by atoms with Gasteiger partial charge in [-0.3, -0.25) is 4.79 Å². The van der Waals surface area contributed by atoms with E-state index in [9.17, 15) is 9.90 Å². The topological polar surface area (TPSA) is 67.8 Å². The molecule has 1 fully saturated rings. The molecule has 3 rings (SSSR count). The highest BCUT2D eigenvalue weighted by atomic mass is 32.2. The standard InChI is InChI=1S/C33H53NO4SSi/c1-11-12-13-14-24-18-27(35)30(26-17-22(4)15-16-25(26)21(2)3)28(19-24)37-20-39-32-29(31(36)34-32)23(5)38-40(9,10)33(6,7)8/h17-19,23,25-26,29,32,35H,2,11-16,20H2,1,3-10H3,(H,34,36)/t23-,25+,26-,29+,32-/m1/s1. The Morgan fingerprint density at radius 1 is 1.27 bits per heavy atom. The summed E-state index contributed by atoms with van der Waals surface area (Å²) < 4.78 is 13.0. The fraction of sp³-hybridized carbons (Fsp3) is 0.667. The fourth-order valence-corrected chi connectivity index (χ4v) is 8.13. The number of aromatic hydroxyl groups is 1. The molecule has 0 saturated carbocycles. The van der Waals surface area contributed by atoms with E-state index in [2.05, 4.69) is 78.7 Å². The van der Waals surface area contributed by atoms with Gasteiger partial charge in [-0.15, -0.1) is 0 Å². The van der Waals surface area contributed by atoms with Gasteiger partial charge in [0.15, 0.2) is 8.32 Å². The second-order valence-corrected chi connectivity index (χ2v) is 19.3. The first-order chi connectivity index (χ1) is 18.7. The van der Waals surface area contributed by atoms with Gasteiger partial charge >= 0.3 is 0 Å². The first kappa shape index (κ1) is 32.8. The number of carbonyl (C=O) groups excluding carboxylic acids is 1. The molecule has 1 aromatic rings. The van der Waals surface area contributed by atoms with Crippen LogP contribution in [0, 0.1) is 11.8 Å². The van der Waals surface area contributed by atoms with E-state index < -0.39 is 8.32 Å². The minimum atomic E-state index is -1.99. The summed E-state index contributed by atoms with van der Waals surface area (Å²) in [7, 11) is -1.99. The van der Waals surface area contributed by atoms with Crippen molar-refractivity contribution in [3.05, 3.63) is 47.1 Å². The average Bonchev–Trinajstić information content (AvgIpc) is 2.82. The third kappa shape index (κ3) is 7.77. The monoisotopic (exact) mass is 587 g/mol. The van der Waals surface area contributed by atoms with Gasteiger partial charge in [0, 0.05) is 11.5 Å². The maximum absolute atomic E-state index is 12.6. The van der Waals surface area contributed by atoms with Crippen molar-refractivity contribution >= 4 is 26.0 Å². The van der Waals surface area contributed by atoms with Gasteiger partial charge in [-0.1, -0.05) is 76.1 Å². The molecule has 7 heteroatoms. The van der Waals surface area contributed by atoms with E-state index in [4.69, 9.17) is 9.16 Å². The summed E-state index contributed by atoms with van der Waals surface area (Å²) >= 11 is 1.59. The molecule has 5 nitrogen and oxygen atoms in total. The Bertz CT molecular complexity index is 1090. The number of allylic oxidation sites excluding steroid dienone is 3. The largest absolute Gasteiger partial charge is 0.507 e. The predicted molar refractivity (Wildman–Crippen MR) is 172 cm³/mol. The second-order valence-electron chi connectivity index (χ2n) is 13.5. The molecule has 1 amide bonds. The zero-order chi connectivity index (χ0) is 29.8. The molecule has 0 spiro atoms. The number of carbonyl (C=O) groups is 1. The van der Waals surface area contributed by atoms with Crippen LogP contribution < -0.4 is 10.1 Å². The maximum atomic E-state index is 12.6. The van der Waals surface area contributed by atoms with Crippen LogP contribution in [0.25, 0.3) is 0 Å². The Hall–Kier alpha value is -1.70. The molecule has 0 unspecified atom stereocenters. The lowest BCUT2D eigenvalue weighted by molar-refractivity contribution is -0.136. The number of benzene rings is 1. The summed E-state index contributed by atoms with van der Waals surface area (Å²) in [6.07, 6.45) is 8.53. The Kier molecular flexibility index (Phi) is 11.1. The van der Waals surface area contributed by atoms with Gasteiger partial charge in [0.05, 0.1) is 17.4 Å². The molecule has 2 aliphatic rings. The predicted octanol–water partition coefficient (Wildman–Crippen LogP) is 8.69. The van der Waals surface area contributed by atoms with Crippen LogP contribution in [0.3, 0.4) is 0 Å². The molecule has 0 aromatic heterocycles. The smallest absolute Gasteiger partial charge is 0.229 e. The molecule has 1 aromatic carbocycles. The number of thioether (sulfide) groups is 1. The molecule has 5 atom stereocenters. The van der Waals surface area contributed by atoms with E-state index in [0.717, 1.165) is 61.0 Å². The zero-order valence-corrected chi connectivity index (χ0v) is 28.2. The fourth-order valence-electron chi connectivity index (χ4n) is 5.61. The molecule has 1 saturated heterocycles. The molecule has 2 N–H and O–H groups in total. The lowest BCUT2D eigenvalue weighted by Crippen LogP contribution is -2.62. The quantitative estimate of drug-likeness (QED) is 0.0794. The summed E-state index contributed by atoms with van der Waals surface area (Å²) in [6, 6.07) is 4.05. The molecule has 0 bridgehead atoms. The van der Waals surface area contributed by atoms with Crippen LogP contribution in [0.1, 0.15) is 97.6 Å². The van der Waals surface area contributed by atoms with E-state index in [1.807, 2.05) is 13.0 Å². The minimum absolute atomic E-state index is 0.0325. The number of hydrogen-bond donors (Lipinski definition) is 2. The van der Waals surface area contributed by atoms with Gasteiger partial charge in [0.1, 0.15) is 17.4 Å². The van der Waals surface area contributed by atoms with E-state index in [1.165, 1.54) is 5.57 Å². The molecule has 40 heavy (non-hydrogen) atoms. The van der Waals surface area contributed by atoms with Gasteiger partial charge in [-0.05, 0) is 88.2 Å². The number of ether oxygens (including phenoxy) is 1. The van der Waals surface area contributed by atoms with Crippen molar-refractivity contribution < 1.29 is 19.1 Å². The van der Waals surface area contributed by atoms with Crippen LogP contribution in [0.15, 0.2) is 35.9 Å². The van der Waals surface area contributed by atoms with Crippen molar-refractivity contribution in [3.63, 3.8) is 0 Å². The van der Waals surface area contributed by atoms with E-state index in [-0.39, 0.29) is 40.2 Å². The number of rotatable bonds is 13. The number of β-lactam (4-membered cyclic amide) rings is 1. The summed E-state index contributed by atoms with van der Waals surface area (Å²) in [4.78, 5) is 12.6. The maximum Gasteiger partial charge on any atom is 0.229 e. The number of phenolic OH excluding ortho intramolecular Hbond substituents is 1. The van der Waals surface area contributed by atoms with E-state index in [0.29, 0.717) is 11.7 Å². The highest BCUT2D eigenvalue weighted by Gasteiger charge is 2.47. The summed E-state index contributed by atoms with van der Waals surface area (Å²) in [6.45, 7) is 23.9. The highest BCUT2D eigenvalue weighted by molar-refractivity contribution is 7.99. The molecular formula is C33H53NO4SSi. The lowest BCUT2D eigenvalue weighted by Gasteiger charge is -2.45. The summed E-state index contributed by atoms with van der Waals surface area (Å²) in [5, 5.41) is 14.4. The number of phenols is 1. The molecule has 1 aliphatic heterocycles. The van der Waals surface area contributed by atoms with Crippen LogP contribution in [0.2, 0.25) is 18.1 Å². The number of amides is 1. The first-order valence-corrected chi connectivity index (χ1v) is 19.0. The molecular weight excluding hydrogens is 535 g/mol. The van der Waals surface area contributed by atoms with Gasteiger partial charge in [0.25, 0.3) is 0 Å². The Morgan fingerprint density at radius 3 is 2.58 bits per heavy atom. The number of unbranched alkanes of at least 4 members (excludes halogenated alkanes) is 2. The van der Waals surface area contributed by atoms with Crippen LogP contribution in [-0.2, 0) is 15.6 Å². The molecule has 0 radical (unpaired) electrons. The van der Waals surface area contributed by atoms with Crippen molar-refractivity contribution in [1.82, 2.24) is 5.32 Å². The summed E-state index contributed by atoms with van der Waals surface area (Å²) in [5.74, 6) is 1.58. The summed E-state index contributed by atoms with van der Waals surface area (Å²) in [5.41, 5.74) is 4.43. The van der Waals surface area contributed by atoms with Crippen molar-refractivity contribution in [3.8, 4) is 11.5 Å². The van der Waals surface area contributed by atoms with Crippen molar-refractivity contribution in [2.24, 2.45) is 11.8 Å². The van der Waals surface area contributed by atoms with Crippen LogP contribution >= 0.6 is 11.8 Å². The van der Waals surface area contributed by atoms with E-state index >= 15 is 0 Å². The second kappa shape index (κ2) is 13.5. The van der Waals surface area contributed by atoms with Crippen molar-refractivity contribution in [1.29, 1.82) is 0 Å². The number of nitrogens with one attached hydrogen (secondary N) is 1. The highest BCUT2D eigenvalue weighted by Crippen LogP contribution is 2.47. The first-order valence-electron chi connectivity index (χ1n) is 15.1. The van der Waals surface area contributed by atoms with Crippen LogP contribution in [-0.4, -0.2) is 36.7 Å². The van der Waals surface area contributed by atoms with Gasteiger partial charge < -0.3 is 19.6 Å². The molecule has 224 valence electrons. The third-order valence-electron chi connectivity index (χ3n) is 9.13. The third-order valence-corrected chi connectivity index (χ3v) is 14.7. The van der Waals surface area contributed by atoms with Gasteiger partial charge in [0.2, 0.25) is 5.91 Å². The molecule has 1 heterocycles. The van der Waals surface area contributed by atoms with Crippen LogP contribution in [0.4, 0.5) is 0 Å². The minimum Gasteiger partial charge on any atom is -0.507 e. The Balaban J connectivity index is 1.80. The Morgan fingerprint density at radius 2 is 1.98 bits per heavy atom. The zero-order valence-electron chi connectivity index (χ0n) is 26.4. The molecule has 1 aliphatic carbocycles. The average molecular weight is 588 g/mol. The Labute approximate surface area is 248 Å². The lowest BCUT2D eigenvalue weighted by atomic mass is 9.73. The van der Waals surface area contributed by atoms with Gasteiger partial charge in [-0.2, -0.15) is 0 Å². The van der Waals surface area contributed by atoms with Crippen LogP contribution in [0.5, 0.6) is 11.5 Å². The van der Waals surface area contributed by atoms with Gasteiger partial charge in [-0.25, -0.2) is 0 Å². The normalized spacial score (nSPS) is 24.1. The SMILES string of the molecule is C=C(C)[C@@H]1CCC(C)=C[C@H]1c1c(O)cc(CCCCC)cc1OCS[C@H]1NC(=O)[C@@H]1[C@@H](C)O[Si](C)(C)C(C)(C)C. The van der Waals surface area contributed by atoms with E-state index in [1.54, 1.807) is 11.8 Å². The number of hydrogen-bond acceptors (Lipinski definition) is 5. The van der Waals surface area contributed by atoms with Crippen molar-refractivity contribution in [2.45, 2.75) is 123 Å².